The molecule has 20 heavy (non-hydrogen) atoms. The number of benzene rings is 1. The van der Waals surface area contributed by atoms with E-state index in [0.717, 1.165) is 23.1 Å². The molecule has 4 nitrogen and oxygen atoms in total. The highest BCUT2D eigenvalue weighted by Gasteiger charge is 2.13. The molecule has 1 aromatic heterocycles. The van der Waals surface area contributed by atoms with Crippen molar-refractivity contribution in [2.75, 3.05) is 5.73 Å². The van der Waals surface area contributed by atoms with E-state index in [9.17, 15) is 4.79 Å². The highest BCUT2D eigenvalue weighted by atomic mass is 79.9. The van der Waals surface area contributed by atoms with Gasteiger partial charge in [0.05, 0.1) is 11.8 Å². The number of rotatable bonds is 5. The molecule has 0 saturated carbocycles. The van der Waals surface area contributed by atoms with Gasteiger partial charge in [-0.1, -0.05) is 15.9 Å². The van der Waals surface area contributed by atoms with Gasteiger partial charge in [-0.2, -0.15) is 0 Å². The molecule has 0 aliphatic carbocycles. The lowest BCUT2D eigenvalue weighted by molar-refractivity contribution is 0.0939. The van der Waals surface area contributed by atoms with Crippen LogP contribution in [0.5, 0.6) is 0 Å². The van der Waals surface area contributed by atoms with E-state index >= 15 is 0 Å². The Balaban J connectivity index is 1.91. The standard InChI is InChI=1S/C15H17BrN2O2/c1-10(4-6-12-3-2-8-20-12)18-15(19)13-9-11(16)5-7-14(13)17/h2-3,5,7-10H,4,6,17H2,1H3,(H,18,19). The lowest BCUT2D eigenvalue weighted by Gasteiger charge is -2.14. The first kappa shape index (κ1) is 14.7. The monoisotopic (exact) mass is 336 g/mol. The summed E-state index contributed by atoms with van der Waals surface area (Å²) in [5, 5.41) is 2.95. The van der Waals surface area contributed by atoms with Gasteiger partial charge in [0.25, 0.3) is 5.91 Å². The minimum Gasteiger partial charge on any atom is -0.469 e. The number of nitrogens with one attached hydrogen (secondary N) is 1. The molecule has 106 valence electrons. The predicted octanol–water partition coefficient (Wildman–Crippen LogP) is 3.38. The molecule has 0 saturated heterocycles. The van der Waals surface area contributed by atoms with Crippen molar-refractivity contribution >= 4 is 27.5 Å². The Hall–Kier alpha value is -1.75. The minimum absolute atomic E-state index is 0.0472. The molecular weight excluding hydrogens is 320 g/mol. The number of halogens is 1. The Kier molecular flexibility index (Phi) is 4.84. The molecule has 1 amide bonds. The molecule has 5 heteroatoms. The molecule has 1 unspecified atom stereocenters. The average Bonchev–Trinajstić information content (AvgIpc) is 2.92. The molecule has 1 atom stereocenters. The topological polar surface area (TPSA) is 68.3 Å². The Morgan fingerprint density at radius 3 is 2.95 bits per heavy atom. The number of nitrogen functional groups attached to an aromatic ring is 1. The number of nitrogens with two attached hydrogens (primary N) is 1. The molecule has 3 N–H and O–H groups in total. The van der Waals surface area contributed by atoms with Crippen LogP contribution >= 0.6 is 15.9 Å². The normalized spacial score (nSPS) is 12.1. The van der Waals surface area contributed by atoms with Crippen molar-refractivity contribution in [2.45, 2.75) is 25.8 Å². The van der Waals surface area contributed by atoms with Gasteiger partial charge in [-0.3, -0.25) is 4.79 Å². The second kappa shape index (κ2) is 6.61. The summed E-state index contributed by atoms with van der Waals surface area (Å²) in [6.45, 7) is 1.97. The van der Waals surface area contributed by atoms with Crippen LogP contribution in [0.25, 0.3) is 0 Å². The molecular formula is C15H17BrN2O2. The number of hydrogen-bond donors (Lipinski definition) is 2. The van der Waals surface area contributed by atoms with Gasteiger partial charge in [0, 0.05) is 22.6 Å². The summed E-state index contributed by atoms with van der Waals surface area (Å²) in [6.07, 6.45) is 3.26. The van der Waals surface area contributed by atoms with Crippen LogP contribution in [0.3, 0.4) is 0 Å². The number of carbonyl (C=O) groups is 1. The molecule has 0 bridgehead atoms. The van der Waals surface area contributed by atoms with Gasteiger partial charge in [-0.05, 0) is 43.7 Å². The third-order valence-corrected chi connectivity index (χ3v) is 3.53. The molecule has 0 aliphatic heterocycles. The summed E-state index contributed by atoms with van der Waals surface area (Å²) in [5.74, 6) is 0.767. The van der Waals surface area contributed by atoms with E-state index in [2.05, 4.69) is 21.2 Å². The molecule has 0 radical (unpaired) electrons. The van der Waals surface area contributed by atoms with E-state index < -0.39 is 0 Å². The van der Waals surface area contributed by atoms with Crippen LogP contribution in [0.1, 0.15) is 29.5 Å². The van der Waals surface area contributed by atoms with Crippen LogP contribution in [-0.2, 0) is 6.42 Å². The van der Waals surface area contributed by atoms with Crippen molar-refractivity contribution in [1.82, 2.24) is 5.32 Å². The first-order chi connectivity index (χ1) is 9.56. The van der Waals surface area contributed by atoms with Gasteiger partial charge in [0.15, 0.2) is 0 Å². The largest absolute Gasteiger partial charge is 0.469 e. The maximum Gasteiger partial charge on any atom is 0.253 e. The molecule has 0 spiro atoms. The highest BCUT2D eigenvalue weighted by Crippen LogP contribution is 2.18. The second-order valence-corrected chi connectivity index (χ2v) is 5.64. The Morgan fingerprint density at radius 1 is 1.45 bits per heavy atom. The van der Waals surface area contributed by atoms with Gasteiger partial charge in [0.2, 0.25) is 0 Å². The SMILES string of the molecule is CC(CCc1ccco1)NC(=O)c1cc(Br)ccc1N. The van der Waals surface area contributed by atoms with E-state index in [1.165, 1.54) is 0 Å². The number of carbonyl (C=O) groups excluding carboxylic acids is 1. The van der Waals surface area contributed by atoms with Crippen LogP contribution in [-0.4, -0.2) is 11.9 Å². The summed E-state index contributed by atoms with van der Waals surface area (Å²) in [7, 11) is 0. The summed E-state index contributed by atoms with van der Waals surface area (Å²) < 4.78 is 6.10. The van der Waals surface area contributed by atoms with Crippen molar-refractivity contribution in [3.05, 3.63) is 52.4 Å². The van der Waals surface area contributed by atoms with Crippen molar-refractivity contribution in [1.29, 1.82) is 0 Å². The van der Waals surface area contributed by atoms with Crippen molar-refractivity contribution < 1.29 is 9.21 Å². The zero-order chi connectivity index (χ0) is 14.5. The molecule has 2 aromatic rings. The smallest absolute Gasteiger partial charge is 0.253 e. The van der Waals surface area contributed by atoms with E-state index in [4.69, 9.17) is 10.2 Å². The second-order valence-electron chi connectivity index (χ2n) is 4.72. The van der Waals surface area contributed by atoms with Crippen LogP contribution in [0.15, 0.2) is 45.5 Å². The zero-order valence-corrected chi connectivity index (χ0v) is 12.8. The van der Waals surface area contributed by atoms with Crippen molar-refractivity contribution in [3.8, 4) is 0 Å². The van der Waals surface area contributed by atoms with E-state index in [1.54, 1.807) is 18.4 Å². The summed E-state index contributed by atoms with van der Waals surface area (Å²) in [4.78, 5) is 12.2. The van der Waals surface area contributed by atoms with Crippen LogP contribution in [0.2, 0.25) is 0 Å². The zero-order valence-electron chi connectivity index (χ0n) is 11.2. The Morgan fingerprint density at radius 2 is 2.25 bits per heavy atom. The summed E-state index contributed by atoms with van der Waals surface area (Å²) >= 11 is 3.34. The molecule has 0 aliphatic rings. The molecule has 0 fully saturated rings. The third-order valence-electron chi connectivity index (χ3n) is 3.04. The minimum atomic E-state index is -0.157. The fourth-order valence-corrected chi connectivity index (χ4v) is 2.27. The third kappa shape index (κ3) is 3.87. The molecule has 1 heterocycles. The van der Waals surface area contributed by atoms with Gasteiger partial charge in [0.1, 0.15) is 5.76 Å². The summed E-state index contributed by atoms with van der Waals surface area (Å²) in [6, 6.07) is 9.09. The fourth-order valence-electron chi connectivity index (χ4n) is 1.91. The van der Waals surface area contributed by atoms with Crippen LogP contribution in [0, 0.1) is 0 Å². The maximum absolute atomic E-state index is 12.2. The van der Waals surface area contributed by atoms with E-state index in [-0.39, 0.29) is 11.9 Å². The quantitative estimate of drug-likeness (QED) is 0.822. The van der Waals surface area contributed by atoms with Gasteiger partial charge in [-0.15, -0.1) is 0 Å². The highest BCUT2D eigenvalue weighted by molar-refractivity contribution is 9.10. The summed E-state index contributed by atoms with van der Waals surface area (Å²) in [5.41, 5.74) is 6.79. The van der Waals surface area contributed by atoms with Gasteiger partial charge < -0.3 is 15.5 Å². The van der Waals surface area contributed by atoms with Crippen LogP contribution < -0.4 is 11.1 Å². The fraction of sp³-hybridized carbons (Fsp3) is 0.267. The first-order valence-corrected chi connectivity index (χ1v) is 7.24. The lowest BCUT2D eigenvalue weighted by Crippen LogP contribution is -2.33. The van der Waals surface area contributed by atoms with E-state index in [1.807, 2.05) is 25.1 Å². The van der Waals surface area contributed by atoms with E-state index in [0.29, 0.717) is 11.3 Å². The first-order valence-electron chi connectivity index (χ1n) is 6.44. The van der Waals surface area contributed by atoms with Crippen molar-refractivity contribution in [2.24, 2.45) is 0 Å². The number of anilines is 1. The van der Waals surface area contributed by atoms with Gasteiger partial charge >= 0.3 is 0 Å². The predicted molar refractivity (Wildman–Crippen MR) is 82.5 cm³/mol. The van der Waals surface area contributed by atoms with Gasteiger partial charge in [-0.25, -0.2) is 0 Å². The number of amides is 1. The number of furan rings is 1. The number of hydrogen-bond acceptors (Lipinski definition) is 3. The number of aryl methyl sites for hydroxylation is 1. The Labute approximate surface area is 126 Å². The average molecular weight is 337 g/mol. The lowest BCUT2D eigenvalue weighted by atomic mass is 10.1. The molecule has 2 rings (SSSR count). The van der Waals surface area contributed by atoms with Crippen LogP contribution in [0.4, 0.5) is 5.69 Å². The Bertz CT molecular complexity index is 582. The molecule has 1 aromatic carbocycles. The maximum atomic E-state index is 12.2. The van der Waals surface area contributed by atoms with Crippen molar-refractivity contribution in [3.63, 3.8) is 0 Å².